The van der Waals surface area contributed by atoms with E-state index in [4.69, 9.17) is 9.84 Å². The minimum Gasteiger partial charge on any atom is -0.384 e. The maximum absolute atomic E-state index is 12.5. The molecule has 0 unspecified atom stereocenters. The van der Waals surface area contributed by atoms with Crippen molar-refractivity contribution in [2.24, 2.45) is 0 Å². The van der Waals surface area contributed by atoms with E-state index in [1.807, 2.05) is 13.8 Å². The Morgan fingerprint density at radius 3 is 2.62 bits per heavy atom. The summed E-state index contributed by atoms with van der Waals surface area (Å²) in [7, 11) is -2.12. The lowest BCUT2D eigenvalue weighted by Gasteiger charge is -2.18. The topological polar surface area (TPSA) is 66.8 Å². The molecule has 1 rings (SSSR count). The van der Waals surface area contributed by atoms with E-state index in [1.165, 1.54) is 17.4 Å². The van der Waals surface area contributed by atoms with E-state index < -0.39 is 10.0 Å². The number of aliphatic hydroxyl groups excluding tert-OH is 1. The Labute approximate surface area is 126 Å². The van der Waals surface area contributed by atoms with Gasteiger partial charge < -0.3 is 9.84 Å². The Bertz CT molecular complexity index is 614. The van der Waals surface area contributed by atoms with Gasteiger partial charge in [0.15, 0.2) is 0 Å². The molecule has 0 amide bonds. The summed E-state index contributed by atoms with van der Waals surface area (Å²) in [6, 6.07) is 6.49. The molecule has 0 fully saturated rings. The highest BCUT2D eigenvalue weighted by atomic mass is 32.2. The molecule has 0 bridgehead atoms. The highest BCUT2D eigenvalue weighted by Crippen LogP contribution is 2.18. The molecule has 116 valence electrons. The van der Waals surface area contributed by atoms with Crippen LogP contribution in [-0.2, 0) is 14.8 Å². The van der Waals surface area contributed by atoms with Gasteiger partial charge in [-0.3, -0.25) is 0 Å². The Morgan fingerprint density at radius 2 is 2.00 bits per heavy atom. The summed E-state index contributed by atoms with van der Waals surface area (Å²) in [5.41, 5.74) is 0.378. The van der Waals surface area contributed by atoms with E-state index in [0.29, 0.717) is 12.2 Å². The summed E-state index contributed by atoms with van der Waals surface area (Å²) in [5.74, 6) is 5.13. The molecule has 0 aliphatic heterocycles. The Kier molecular flexibility index (Phi) is 6.85. The van der Waals surface area contributed by atoms with Gasteiger partial charge >= 0.3 is 0 Å². The predicted octanol–water partition coefficient (Wildman–Crippen LogP) is 1.08. The standard InChI is InChI=1S/C15H21NO4S/c1-13(2)20-12-10-16(3)21(18,19)15-9-5-4-7-14(15)8-6-11-17/h4-5,7,9,13,17H,10-12H2,1-3H3. The van der Waals surface area contributed by atoms with Crippen LogP contribution >= 0.6 is 0 Å². The van der Waals surface area contributed by atoms with Gasteiger partial charge in [0.2, 0.25) is 10.0 Å². The van der Waals surface area contributed by atoms with E-state index in [9.17, 15) is 8.42 Å². The molecule has 0 saturated heterocycles. The van der Waals surface area contributed by atoms with Crippen molar-refractivity contribution in [2.75, 3.05) is 26.8 Å². The van der Waals surface area contributed by atoms with E-state index in [-0.39, 0.29) is 24.2 Å². The molecular weight excluding hydrogens is 290 g/mol. The van der Waals surface area contributed by atoms with Gasteiger partial charge in [-0.05, 0) is 26.0 Å². The van der Waals surface area contributed by atoms with E-state index >= 15 is 0 Å². The molecular formula is C15H21NO4S. The average Bonchev–Trinajstić information content (AvgIpc) is 2.44. The third-order valence-corrected chi connectivity index (χ3v) is 4.65. The van der Waals surface area contributed by atoms with Crippen LogP contribution < -0.4 is 0 Å². The minimum atomic E-state index is -3.63. The molecule has 1 N–H and O–H groups in total. The Morgan fingerprint density at radius 1 is 1.33 bits per heavy atom. The van der Waals surface area contributed by atoms with Crippen LogP contribution in [0.3, 0.4) is 0 Å². The number of benzene rings is 1. The van der Waals surface area contributed by atoms with Gasteiger partial charge in [-0.2, -0.15) is 4.31 Å². The van der Waals surface area contributed by atoms with Gasteiger partial charge in [-0.15, -0.1) is 0 Å². The number of hydrogen-bond acceptors (Lipinski definition) is 4. The first-order chi connectivity index (χ1) is 9.89. The maximum atomic E-state index is 12.5. The van der Waals surface area contributed by atoms with Gasteiger partial charge in [0.25, 0.3) is 0 Å². The number of rotatable bonds is 6. The SMILES string of the molecule is CC(C)OCCN(C)S(=O)(=O)c1ccccc1C#CCO. The second-order valence-electron chi connectivity index (χ2n) is 4.70. The van der Waals surface area contributed by atoms with E-state index in [2.05, 4.69) is 11.8 Å². The second kappa shape index (κ2) is 8.15. The number of ether oxygens (including phenoxy) is 1. The highest BCUT2D eigenvalue weighted by Gasteiger charge is 2.23. The van der Waals surface area contributed by atoms with E-state index in [0.717, 1.165) is 0 Å². The quantitative estimate of drug-likeness (QED) is 0.798. The molecule has 0 atom stereocenters. The second-order valence-corrected chi connectivity index (χ2v) is 6.72. The smallest absolute Gasteiger partial charge is 0.244 e. The third kappa shape index (κ3) is 5.14. The van der Waals surface area contributed by atoms with Crippen LogP contribution in [0.5, 0.6) is 0 Å². The van der Waals surface area contributed by atoms with Crippen LogP contribution in [0.25, 0.3) is 0 Å². The zero-order chi connectivity index (χ0) is 15.9. The molecule has 0 saturated carbocycles. The lowest BCUT2D eigenvalue weighted by atomic mass is 10.2. The number of hydrogen-bond donors (Lipinski definition) is 1. The van der Waals surface area contributed by atoms with Crippen LogP contribution in [0.4, 0.5) is 0 Å². The van der Waals surface area contributed by atoms with Gasteiger partial charge in [0, 0.05) is 19.2 Å². The molecule has 0 heterocycles. The third-order valence-electron chi connectivity index (χ3n) is 2.73. The molecule has 1 aromatic rings. The molecule has 0 aliphatic rings. The number of likely N-dealkylation sites (N-methyl/N-ethyl adjacent to an activating group) is 1. The summed E-state index contributed by atoms with van der Waals surface area (Å²) >= 11 is 0. The number of nitrogens with zero attached hydrogens (tertiary/aromatic N) is 1. The largest absolute Gasteiger partial charge is 0.384 e. The predicted molar refractivity (Wildman–Crippen MR) is 81.3 cm³/mol. The summed E-state index contributed by atoms with van der Waals surface area (Å²) < 4.78 is 31.7. The zero-order valence-electron chi connectivity index (χ0n) is 12.5. The van der Waals surface area contributed by atoms with Gasteiger partial charge in [0.05, 0.1) is 17.6 Å². The van der Waals surface area contributed by atoms with Crippen molar-refractivity contribution in [1.82, 2.24) is 4.31 Å². The van der Waals surface area contributed by atoms with Gasteiger partial charge in [-0.1, -0.05) is 24.0 Å². The monoisotopic (exact) mass is 311 g/mol. The maximum Gasteiger partial charge on any atom is 0.244 e. The van der Waals surface area contributed by atoms with Crippen molar-refractivity contribution < 1.29 is 18.3 Å². The van der Waals surface area contributed by atoms with Crippen LogP contribution in [0.1, 0.15) is 19.4 Å². The summed E-state index contributed by atoms with van der Waals surface area (Å²) in [4.78, 5) is 0.137. The van der Waals surface area contributed by atoms with Crippen molar-refractivity contribution in [1.29, 1.82) is 0 Å². The molecule has 0 aromatic heterocycles. The van der Waals surface area contributed by atoms with Crippen LogP contribution in [0, 0.1) is 11.8 Å². The first-order valence-corrected chi connectivity index (χ1v) is 8.10. The fraction of sp³-hybridized carbons (Fsp3) is 0.467. The highest BCUT2D eigenvalue weighted by molar-refractivity contribution is 7.89. The Hall–Kier alpha value is -1.39. The molecule has 21 heavy (non-hydrogen) atoms. The molecule has 0 spiro atoms. The van der Waals surface area contributed by atoms with Crippen LogP contribution in [0.2, 0.25) is 0 Å². The first-order valence-electron chi connectivity index (χ1n) is 6.66. The molecule has 5 nitrogen and oxygen atoms in total. The zero-order valence-corrected chi connectivity index (χ0v) is 13.4. The van der Waals surface area contributed by atoms with Crippen molar-refractivity contribution in [2.45, 2.75) is 24.8 Å². The first kappa shape index (κ1) is 17.7. The summed E-state index contributed by atoms with van der Waals surface area (Å²) in [6.07, 6.45) is 0.0591. The van der Waals surface area contributed by atoms with Crippen molar-refractivity contribution >= 4 is 10.0 Å². The summed E-state index contributed by atoms with van der Waals surface area (Å²) in [6.45, 7) is 4.08. The van der Waals surface area contributed by atoms with Crippen molar-refractivity contribution in [3.63, 3.8) is 0 Å². The number of aliphatic hydroxyl groups is 1. The minimum absolute atomic E-state index is 0.0591. The summed E-state index contributed by atoms with van der Waals surface area (Å²) in [5, 5.41) is 8.75. The lowest BCUT2D eigenvalue weighted by molar-refractivity contribution is 0.0737. The van der Waals surface area contributed by atoms with Gasteiger partial charge in [0.1, 0.15) is 6.61 Å². The van der Waals surface area contributed by atoms with E-state index in [1.54, 1.807) is 18.2 Å². The van der Waals surface area contributed by atoms with Crippen molar-refractivity contribution in [3.05, 3.63) is 29.8 Å². The normalized spacial score (nSPS) is 11.5. The van der Waals surface area contributed by atoms with Gasteiger partial charge in [-0.25, -0.2) is 8.42 Å². The van der Waals surface area contributed by atoms with Crippen LogP contribution in [0.15, 0.2) is 29.2 Å². The molecule has 0 radical (unpaired) electrons. The molecule has 6 heteroatoms. The van der Waals surface area contributed by atoms with Crippen LogP contribution in [-0.4, -0.2) is 50.7 Å². The lowest BCUT2D eigenvalue weighted by Crippen LogP contribution is -2.31. The number of sulfonamides is 1. The average molecular weight is 311 g/mol. The fourth-order valence-corrected chi connectivity index (χ4v) is 2.93. The van der Waals surface area contributed by atoms with Crippen molar-refractivity contribution in [3.8, 4) is 11.8 Å². The molecule has 1 aromatic carbocycles. The molecule has 0 aliphatic carbocycles. The Balaban J connectivity index is 2.97. The fourth-order valence-electron chi connectivity index (χ4n) is 1.63.